The third-order valence-corrected chi connectivity index (χ3v) is 2.18. The summed E-state index contributed by atoms with van der Waals surface area (Å²) in [5.41, 5.74) is 0. The molecule has 0 atom stereocenters. The van der Waals surface area contributed by atoms with Crippen molar-refractivity contribution >= 4 is 0 Å². The second kappa shape index (κ2) is 14.8. The van der Waals surface area contributed by atoms with E-state index < -0.39 is 0 Å². The predicted octanol–water partition coefficient (Wildman–Crippen LogP) is 1.45. The average molecular weight is 233 g/mol. The Balaban J connectivity index is 2.83. The Bertz CT molecular complexity index is 109. The summed E-state index contributed by atoms with van der Waals surface area (Å²) < 4.78 is 15.5. The summed E-state index contributed by atoms with van der Waals surface area (Å²) in [6.07, 6.45) is 3.84. The number of ether oxygens (including phenoxy) is 3. The van der Waals surface area contributed by atoms with Gasteiger partial charge in [0.25, 0.3) is 0 Å². The largest absolute Gasteiger partial charge is 0.382 e. The summed E-state index contributed by atoms with van der Waals surface area (Å²) in [6, 6.07) is 0. The summed E-state index contributed by atoms with van der Waals surface area (Å²) in [6.45, 7) is 7.63. The highest BCUT2D eigenvalue weighted by Crippen LogP contribution is 1.90. The van der Waals surface area contributed by atoms with Crippen LogP contribution in [0.3, 0.4) is 0 Å². The zero-order chi connectivity index (χ0) is 11.9. The smallest absolute Gasteiger partial charge is 0.0701 e. The first kappa shape index (κ1) is 15.8. The van der Waals surface area contributed by atoms with Crippen molar-refractivity contribution in [2.75, 3.05) is 53.2 Å². The quantitative estimate of drug-likeness (QED) is 0.489. The third kappa shape index (κ3) is 13.8. The summed E-state index contributed by atoms with van der Waals surface area (Å²) >= 11 is 0. The number of hydrogen-bond donors (Lipinski definition) is 1. The highest BCUT2D eigenvalue weighted by atomic mass is 16.5. The fraction of sp³-hybridized carbons (Fsp3) is 1.00. The average Bonchev–Trinajstić information content (AvgIpc) is 2.31. The normalized spacial score (nSPS) is 10.9. The molecule has 4 heteroatoms. The lowest BCUT2D eigenvalue weighted by Crippen LogP contribution is -2.21. The first-order valence-corrected chi connectivity index (χ1v) is 6.27. The van der Waals surface area contributed by atoms with Crippen LogP contribution >= 0.6 is 0 Å². The van der Waals surface area contributed by atoms with Gasteiger partial charge in [-0.05, 0) is 13.0 Å². The van der Waals surface area contributed by atoms with Gasteiger partial charge in [-0.1, -0.05) is 19.8 Å². The van der Waals surface area contributed by atoms with E-state index in [-0.39, 0.29) is 0 Å². The Kier molecular flexibility index (Phi) is 14.7. The SMILES string of the molecule is CCCCCNCCOCCOCCOC. The highest BCUT2D eigenvalue weighted by Gasteiger charge is 1.90. The van der Waals surface area contributed by atoms with Crippen molar-refractivity contribution in [2.24, 2.45) is 0 Å². The number of nitrogens with one attached hydrogen (secondary N) is 1. The second-order valence-corrected chi connectivity index (χ2v) is 3.67. The molecule has 0 saturated heterocycles. The van der Waals surface area contributed by atoms with Gasteiger partial charge in [-0.15, -0.1) is 0 Å². The molecule has 0 aromatic heterocycles. The Labute approximate surface area is 99.6 Å². The standard InChI is InChI=1S/C12H27NO3/c1-3-4-5-6-13-7-8-15-11-12-16-10-9-14-2/h13H,3-12H2,1-2H3. The van der Waals surface area contributed by atoms with Crippen LogP contribution in [-0.2, 0) is 14.2 Å². The van der Waals surface area contributed by atoms with E-state index in [1.807, 2.05) is 0 Å². The number of hydrogen-bond acceptors (Lipinski definition) is 4. The van der Waals surface area contributed by atoms with E-state index in [1.165, 1.54) is 19.3 Å². The van der Waals surface area contributed by atoms with Crippen molar-refractivity contribution in [1.82, 2.24) is 5.32 Å². The summed E-state index contributed by atoms with van der Waals surface area (Å²) in [7, 11) is 1.67. The molecule has 4 nitrogen and oxygen atoms in total. The van der Waals surface area contributed by atoms with Crippen LogP contribution in [0, 0.1) is 0 Å². The third-order valence-electron chi connectivity index (χ3n) is 2.18. The van der Waals surface area contributed by atoms with E-state index in [9.17, 15) is 0 Å². The zero-order valence-corrected chi connectivity index (χ0v) is 10.8. The molecule has 0 aliphatic rings. The molecule has 1 N–H and O–H groups in total. The molecule has 0 aliphatic heterocycles. The van der Waals surface area contributed by atoms with Gasteiger partial charge < -0.3 is 19.5 Å². The minimum Gasteiger partial charge on any atom is -0.382 e. The molecule has 0 aromatic rings. The lowest BCUT2D eigenvalue weighted by molar-refractivity contribution is 0.0256. The minimum atomic E-state index is 0.648. The molecular weight excluding hydrogens is 206 g/mol. The van der Waals surface area contributed by atoms with Crippen molar-refractivity contribution in [1.29, 1.82) is 0 Å². The lowest BCUT2D eigenvalue weighted by Gasteiger charge is -2.06. The number of rotatable bonds is 13. The maximum atomic E-state index is 5.39. The maximum Gasteiger partial charge on any atom is 0.0701 e. The fourth-order valence-corrected chi connectivity index (χ4v) is 1.23. The van der Waals surface area contributed by atoms with Crippen LogP contribution in [0.2, 0.25) is 0 Å². The molecule has 0 rings (SSSR count). The molecule has 0 saturated carbocycles. The van der Waals surface area contributed by atoms with Crippen LogP contribution in [0.1, 0.15) is 26.2 Å². The lowest BCUT2D eigenvalue weighted by atomic mass is 10.2. The van der Waals surface area contributed by atoms with Gasteiger partial charge in [0, 0.05) is 13.7 Å². The van der Waals surface area contributed by atoms with Crippen LogP contribution in [0.4, 0.5) is 0 Å². The number of unbranched alkanes of at least 4 members (excludes halogenated alkanes) is 2. The van der Waals surface area contributed by atoms with Crippen LogP contribution < -0.4 is 5.32 Å². The number of methoxy groups -OCH3 is 1. The van der Waals surface area contributed by atoms with Crippen molar-refractivity contribution in [3.05, 3.63) is 0 Å². The second-order valence-electron chi connectivity index (χ2n) is 3.67. The molecule has 16 heavy (non-hydrogen) atoms. The minimum absolute atomic E-state index is 0.648. The van der Waals surface area contributed by atoms with E-state index in [0.717, 1.165) is 19.7 Å². The molecular formula is C12H27NO3. The molecule has 0 heterocycles. The zero-order valence-electron chi connectivity index (χ0n) is 10.8. The van der Waals surface area contributed by atoms with Crippen molar-refractivity contribution < 1.29 is 14.2 Å². The van der Waals surface area contributed by atoms with Crippen LogP contribution in [0.25, 0.3) is 0 Å². The molecule has 0 radical (unpaired) electrons. The molecule has 0 aromatic carbocycles. The van der Waals surface area contributed by atoms with Gasteiger partial charge in [0.2, 0.25) is 0 Å². The Morgan fingerprint density at radius 1 is 0.812 bits per heavy atom. The first-order chi connectivity index (χ1) is 7.91. The molecule has 0 fully saturated rings. The van der Waals surface area contributed by atoms with Crippen molar-refractivity contribution in [3.63, 3.8) is 0 Å². The van der Waals surface area contributed by atoms with Gasteiger partial charge in [-0.25, -0.2) is 0 Å². The van der Waals surface area contributed by atoms with Crippen LogP contribution in [-0.4, -0.2) is 53.2 Å². The summed E-state index contributed by atoms with van der Waals surface area (Å²) in [5.74, 6) is 0. The van der Waals surface area contributed by atoms with E-state index in [4.69, 9.17) is 14.2 Å². The fourth-order valence-electron chi connectivity index (χ4n) is 1.23. The monoisotopic (exact) mass is 233 g/mol. The van der Waals surface area contributed by atoms with Crippen molar-refractivity contribution in [2.45, 2.75) is 26.2 Å². The van der Waals surface area contributed by atoms with E-state index in [1.54, 1.807) is 7.11 Å². The van der Waals surface area contributed by atoms with Crippen LogP contribution in [0.15, 0.2) is 0 Å². The predicted molar refractivity (Wildman–Crippen MR) is 65.9 cm³/mol. The van der Waals surface area contributed by atoms with Gasteiger partial charge in [0.15, 0.2) is 0 Å². The molecule has 0 unspecified atom stereocenters. The Morgan fingerprint density at radius 2 is 1.50 bits per heavy atom. The van der Waals surface area contributed by atoms with Gasteiger partial charge in [0.1, 0.15) is 0 Å². The topological polar surface area (TPSA) is 39.7 Å². The maximum absolute atomic E-state index is 5.39. The molecule has 98 valence electrons. The summed E-state index contributed by atoms with van der Waals surface area (Å²) in [5, 5.41) is 3.35. The highest BCUT2D eigenvalue weighted by molar-refractivity contribution is 4.46. The summed E-state index contributed by atoms with van der Waals surface area (Å²) in [4.78, 5) is 0. The van der Waals surface area contributed by atoms with Gasteiger partial charge in [0.05, 0.1) is 33.0 Å². The van der Waals surface area contributed by atoms with Gasteiger partial charge in [-0.2, -0.15) is 0 Å². The molecule has 0 bridgehead atoms. The molecule has 0 amide bonds. The first-order valence-electron chi connectivity index (χ1n) is 6.27. The van der Waals surface area contributed by atoms with E-state index in [0.29, 0.717) is 26.4 Å². The van der Waals surface area contributed by atoms with E-state index >= 15 is 0 Å². The van der Waals surface area contributed by atoms with Crippen LogP contribution in [0.5, 0.6) is 0 Å². The molecule has 0 spiro atoms. The van der Waals surface area contributed by atoms with Gasteiger partial charge >= 0.3 is 0 Å². The Hall–Kier alpha value is -0.160. The molecule has 0 aliphatic carbocycles. The van der Waals surface area contributed by atoms with Gasteiger partial charge in [-0.3, -0.25) is 0 Å². The van der Waals surface area contributed by atoms with Crippen molar-refractivity contribution in [3.8, 4) is 0 Å². The Morgan fingerprint density at radius 3 is 2.19 bits per heavy atom. The van der Waals surface area contributed by atoms with E-state index in [2.05, 4.69) is 12.2 Å².